The van der Waals surface area contributed by atoms with E-state index in [1.54, 1.807) is 30.6 Å². The fraction of sp³-hybridized carbons (Fsp3) is 0.452. The average molecular weight is 1010 g/mol. The molecule has 2 aromatic carbocycles. The first-order valence-corrected chi connectivity index (χ1v) is 21.7. The molecule has 1 N–H and O–H groups in total. The zero-order chi connectivity index (χ0) is 41.5. The number of nitrogens with zero attached hydrogens (tertiary/aromatic N) is 4. The summed E-state index contributed by atoms with van der Waals surface area (Å²) in [5.74, 6) is 2.79. The summed E-state index contributed by atoms with van der Waals surface area (Å²) < 4.78 is 32.0. The molecule has 0 spiro atoms. The molecule has 2 aliphatic heterocycles. The molecule has 0 amide bonds. The van der Waals surface area contributed by atoms with Crippen LogP contribution in [0.5, 0.6) is 11.5 Å². The second kappa shape index (κ2) is 34.3. The van der Waals surface area contributed by atoms with Gasteiger partial charge in [0.15, 0.2) is 0 Å². The van der Waals surface area contributed by atoms with E-state index in [2.05, 4.69) is 50.6 Å². The predicted molar refractivity (Wildman–Crippen MR) is 235 cm³/mol. The van der Waals surface area contributed by atoms with Gasteiger partial charge in [0.25, 0.3) is 16.6 Å². The third-order valence-electron chi connectivity index (χ3n) is 9.17. The first-order chi connectivity index (χ1) is 27.3. The Kier molecular flexibility index (Phi) is 34.3. The molecule has 322 valence electrons. The number of pyridine rings is 2. The molecule has 0 radical (unpaired) electrons. The Labute approximate surface area is 463 Å². The van der Waals surface area contributed by atoms with Crippen molar-refractivity contribution >= 4 is 56.8 Å². The van der Waals surface area contributed by atoms with Gasteiger partial charge in [0, 0.05) is 38.6 Å². The topological polar surface area (TPSA) is 154 Å². The number of aromatic hydroxyl groups is 1. The number of likely N-dealkylation sites (tertiary alicyclic amines) is 2. The number of carbonyl (C=O) groups is 1. The number of aromatic nitrogens is 2. The van der Waals surface area contributed by atoms with Crippen LogP contribution in [0.25, 0.3) is 22.3 Å². The van der Waals surface area contributed by atoms with Crippen LogP contribution in [0.3, 0.4) is 0 Å². The summed E-state index contributed by atoms with van der Waals surface area (Å²) in [6.07, 6.45) is 11.6. The molecule has 2 atom stereocenters. The molecular weight excluding hydrogens is 950 g/mol. The molecule has 6 rings (SSSR count). The number of rotatable bonds is 13. The summed E-state index contributed by atoms with van der Waals surface area (Å²) in [5.41, 5.74) is 4.19. The summed E-state index contributed by atoms with van der Waals surface area (Å²) in [6, 6.07) is 22.6. The van der Waals surface area contributed by atoms with Crippen molar-refractivity contribution in [1.29, 1.82) is 0 Å². The average Bonchev–Trinajstić information content (AvgIpc) is 3.19. The van der Waals surface area contributed by atoms with Crippen molar-refractivity contribution in [1.82, 2.24) is 19.8 Å². The fourth-order valence-corrected chi connectivity index (χ4v) is 7.29. The Morgan fingerprint density at radius 1 is 0.783 bits per heavy atom. The van der Waals surface area contributed by atoms with Crippen molar-refractivity contribution in [3.8, 4) is 33.8 Å². The van der Waals surface area contributed by atoms with Crippen molar-refractivity contribution in [2.24, 2.45) is 11.8 Å². The van der Waals surface area contributed by atoms with Crippen LogP contribution in [0.4, 0.5) is 0 Å². The van der Waals surface area contributed by atoms with E-state index in [-0.39, 0.29) is 133 Å². The van der Waals surface area contributed by atoms with Crippen LogP contribution >= 0.6 is 40.2 Å². The molecule has 2 saturated heterocycles. The second-order valence-corrected chi connectivity index (χ2v) is 16.6. The number of halogens is 3. The van der Waals surface area contributed by atoms with Crippen molar-refractivity contribution in [2.75, 3.05) is 58.7 Å². The minimum Gasteiger partial charge on any atom is -1.00 e. The molecule has 0 bridgehead atoms. The van der Waals surface area contributed by atoms with Gasteiger partial charge in [-0.1, -0.05) is 61.3 Å². The minimum absolute atomic E-state index is 0. The third kappa shape index (κ3) is 26.7. The normalized spacial score (nSPS) is 16.2. The molecule has 0 unspecified atom stereocenters. The van der Waals surface area contributed by atoms with Crippen molar-refractivity contribution in [2.45, 2.75) is 52.4 Å². The molecule has 0 aliphatic carbocycles. The molecule has 18 heteroatoms. The number of phenols is 1. The maximum Gasteiger partial charge on any atom is 1.00 e. The first kappa shape index (κ1) is 59.9. The predicted octanol–water partition coefficient (Wildman–Crippen LogP) is 2.23. The SMILES string of the molecule is Br.C[C@H]1CCCN(CCCOS(C)(=O)=O)C1.C[C@H]1CCCN(CCCOc2ccc(-c3ccnc(Cl)c3)cc2)C1.O=CO[O-].Oc1ccc(-c2ccnc(Cl)c2)cc1.[H-].[K+].[K+]. The Morgan fingerprint density at radius 2 is 1.22 bits per heavy atom. The summed E-state index contributed by atoms with van der Waals surface area (Å²) >= 11 is 11.7. The minimum atomic E-state index is -3.26. The molecule has 12 nitrogen and oxygen atoms in total. The van der Waals surface area contributed by atoms with Crippen LogP contribution in [-0.2, 0) is 24.0 Å². The zero-order valence-electron chi connectivity index (χ0n) is 36.4. The monoisotopic (exact) mass is 1000 g/mol. The van der Waals surface area contributed by atoms with Crippen molar-refractivity contribution in [3.63, 3.8) is 0 Å². The Bertz CT molecular complexity index is 1870. The van der Waals surface area contributed by atoms with E-state index < -0.39 is 10.1 Å². The molecule has 60 heavy (non-hydrogen) atoms. The summed E-state index contributed by atoms with van der Waals surface area (Å²) in [6.45, 7) is 12.4. The molecule has 2 aromatic heterocycles. The van der Waals surface area contributed by atoms with Gasteiger partial charge in [-0.05, 0) is 134 Å². The Balaban J connectivity index is 0. The van der Waals surface area contributed by atoms with E-state index in [1.165, 1.54) is 38.8 Å². The molecule has 0 saturated carbocycles. The van der Waals surface area contributed by atoms with E-state index in [9.17, 15) is 8.42 Å². The van der Waals surface area contributed by atoms with Gasteiger partial charge in [-0.2, -0.15) is 8.42 Å². The van der Waals surface area contributed by atoms with E-state index in [4.69, 9.17) is 47.3 Å². The number of piperidine rings is 2. The van der Waals surface area contributed by atoms with E-state index in [1.807, 2.05) is 42.5 Å². The number of carbonyl (C=O) groups excluding carboxylic acids is 1. The van der Waals surface area contributed by atoms with Gasteiger partial charge in [0.2, 0.25) is 0 Å². The second-order valence-electron chi connectivity index (χ2n) is 14.2. The number of hydrogen-bond acceptors (Lipinski definition) is 12. The molecule has 2 aliphatic rings. The van der Waals surface area contributed by atoms with Crippen LogP contribution in [0.1, 0.15) is 53.8 Å². The fourth-order valence-electron chi connectivity index (χ4n) is 6.52. The standard InChI is InChI=1S/C20H25ClN2O.C11H8ClNO.C10H21NO3S.CH2O3.BrH.2K.H/c1-16-4-2-11-23(15-16)12-3-13-24-19-7-5-17(6-8-19)18-9-10-22-20(21)14-18;12-11-7-9(5-6-13-11)8-1-3-10(14)4-2-8;1-10-5-3-6-11(9-10)7-4-8-14-15(2,12)13;2-1-4-3;;;;/h5-10,14,16H,2-4,11-13,15H2,1H3;1-7,14H;10H,3-9H2,1-2H3;1,3H;1H;;;/q;;;;;2*+1;-1/p-1/t16-;;10-;;;;;/m0.0...../s1. The van der Waals surface area contributed by atoms with E-state index in [0.717, 1.165) is 91.7 Å². The summed E-state index contributed by atoms with van der Waals surface area (Å²) in [5, 5.41) is 18.5. The molecular formula is C42H57BrCl2K2N4O8S. The molecule has 4 heterocycles. The van der Waals surface area contributed by atoms with Gasteiger partial charge in [-0.15, -0.1) is 17.0 Å². The van der Waals surface area contributed by atoms with Gasteiger partial charge in [-0.25, -0.2) is 9.97 Å². The summed E-state index contributed by atoms with van der Waals surface area (Å²) in [7, 11) is -3.26. The van der Waals surface area contributed by atoms with Crippen LogP contribution in [0.2, 0.25) is 10.3 Å². The van der Waals surface area contributed by atoms with E-state index in [0.29, 0.717) is 16.9 Å². The number of hydrogen-bond donors (Lipinski definition) is 1. The van der Waals surface area contributed by atoms with Crippen LogP contribution < -0.4 is 113 Å². The largest absolute Gasteiger partial charge is 1.00 e. The van der Waals surface area contributed by atoms with Crippen molar-refractivity contribution < 1.29 is 142 Å². The maximum absolute atomic E-state index is 10.7. The maximum atomic E-state index is 10.7. The smallest absolute Gasteiger partial charge is 1.00 e. The Morgan fingerprint density at radius 3 is 1.62 bits per heavy atom. The van der Waals surface area contributed by atoms with E-state index >= 15 is 0 Å². The van der Waals surface area contributed by atoms with Gasteiger partial charge in [0.1, 0.15) is 21.8 Å². The van der Waals surface area contributed by atoms with Gasteiger partial charge in [0.05, 0.1) is 19.5 Å². The third-order valence-corrected chi connectivity index (χ3v) is 10.2. The first-order valence-electron chi connectivity index (χ1n) is 19.1. The van der Waals surface area contributed by atoms with Crippen LogP contribution in [0.15, 0.2) is 85.2 Å². The number of phenolic OH excluding ortho intramolecular Hbond substituents is 1. The zero-order valence-corrected chi connectivity index (χ0v) is 45.7. The molecule has 2 fully saturated rings. The Hall–Kier alpha value is -0.0673. The van der Waals surface area contributed by atoms with Gasteiger partial charge >= 0.3 is 103 Å². The molecule has 4 aromatic rings. The number of benzene rings is 2. The van der Waals surface area contributed by atoms with Gasteiger partial charge in [-0.3, -0.25) is 8.98 Å². The van der Waals surface area contributed by atoms with Crippen molar-refractivity contribution in [3.05, 3.63) is 95.5 Å². The van der Waals surface area contributed by atoms with Crippen LogP contribution in [0, 0.1) is 11.8 Å². The number of ether oxygens (including phenoxy) is 1. The summed E-state index contributed by atoms with van der Waals surface area (Å²) in [4.78, 5) is 24.1. The van der Waals surface area contributed by atoms with Gasteiger partial charge < -0.3 is 31.2 Å². The van der Waals surface area contributed by atoms with Crippen LogP contribution in [-0.4, -0.2) is 98.5 Å². The quantitative estimate of drug-likeness (QED) is 0.0398.